The lowest BCUT2D eigenvalue weighted by Crippen LogP contribution is -2.41. The lowest BCUT2D eigenvalue weighted by atomic mass is 10.2. The van der Waals surface area contributed by atoms with Crippen molar-refractivity contribution >= 4 is 22.8 Å². The minimum absolute atomic E-state index is 0.600. The number of fused-ring (bicyclic) bond motifs is 1. The summed E-state index contributed by atoms with van der Waals surface area (Å²) in [5, 5.41) is 8.75. The molecule has 20 heavy (non-hydrogen) atoms. The monoisotopic (exact) mass is 290 g/mol. The highest BCUT2D eigenvalue weighted by Gasteiger charge is 2.27. The Balaban J connectivity index is 2.19. The molecular weight excluding hydrogens is 268 g/mol. The molecule has 0 amide bonds. The van der Waals surface area contributed by atoms with Gasteiger partial charge in [-0.15, -0.1) is 6.58 Å². The van der Waals surface area contributed by atoms with Crippen molar-refractivity contribution in [2.24, 2.45) is 4.99 Å². The van der Waals surface area contributed by atoms with Crippen LogP contribution in [-0.2, 0) is 0 Å². The Morgan fingerprint density at radius 2 is 2.35 bits per heavy atom. The summed E-state index contributed by atoms with van der Waals surface area (Å²) >= 11 is 1.55. The molecule has 4 nitrogen and oxygen atoms in total. The number of amidine groups is 2. The summed E-state index contributed by atoms with van der Waals surface area (Å²) in [6.07, 6.45) is 8.95. The third-order valence-corrected chi connectivity index (χ3v) is 4.21. The van der Waals surface area contributed by atoms with E-state index >= 15 is 0 Å². The van der Waals surface area contributed by atoms with Crippen molar-refractivity contribution in [1.82, 2.24) is 9.80 Å². The van der Waals surface area contributed by atoms with Crippen LogP contribution in [0.15, 0.2) is 40.4 Å². The molecule has 0 spiro atoms. The molecule has 0 bridgehead atoms. The minimum atomic E-state index is 0.600. The maximum absolute atomic E-state index is 8.15. The highest BCUT2D eigenvalue weighted by atomic mass is 32.2. The average molecular weight is 290 g/mol. The van der Waals surface area contributed by atoms with Crippen LogP contribution in [0, 0.1) is 5.41 Å². The fraction of sp³-hybridized carbons (Fsp3) is 0.467. The molecule has 1 N–H and O–H groups in total. The van der Waals surface area contributed by atoms with Crippen LogP contribution in [-0.4, -0.2) is 48.0 Å². The molecule has 0 aromatic rings. The van der Waals surface area contributed by atoms with Gasteiger partial charge >= 0.3 is 0 Å². The predicted octanol–water partition coefficient (Wildman–Crippen LogP) is 3.07. The van der Waals surface area contributed by atoms with Gasteiger partial charge in [0.15, 0.2) is 5.17 Å². The second-order valence-electron chi connectivity index (χ2n) is 5.05. The minimum Gasteiger partial charge on any atom is -0.378 e. The van der Waals surface area contributed by atoms with Crippen LogP contribution in [0.5, 0.6) is 0 Å². The largest absolute Gasteiger partial charge is 0.378 e. The molecule has 1 saturated heterocycles. The Kier molecular flexibility index (Phi) is 5.06. The second kappa shape index (κ2) is 6.79. The molecule has 0 aliphatic carbocycles. The molecule has 2 aliphatic rings. The molecule has 2 rings (SSSR count). The number of thioether (sulfide) groups is 1. The lowest BCUT2D eigenvalue weighted by Gasteiger charge is -2.34. The highest BCUT2D eigenvalue weighted by molar-refractivity contribution is 8.17. The van der Waals surface area contributed by atoms with Gasteiger partial charge in [0, 0.05) is 44.2 Å². The zero-order valence-electron chi connectivity index (χ0n) is 12.2. The first-order chi connectivity index (χ1) is 9.61. The van der Waals surface area contributed by atoms with E-state index in [0.29, 0.717) is 5.17 Å². The van der Waals surface area contributed by atoms with Crippen molar-refractivity contribution in [2.75, 3.05) is 27.2 Å². The molecule has 2 aliphatic heterocycles. The van der Waals surface area contributed by atoms with Crippen molar-refractivity contribution in [3.05, 3.63) is 35.4 Å². The second-order valence-corrected chi connectivity index (χ2v) is 6.16. The van der Waals surface area contributed by atoms with Crippen LogP contribution in [0.3, 0.4) is 0 Å². The van der Waals surface area contributed by atoms with Gasteiger partial charge < -0.3 is 9.80 Å². The summed E-state index contributed by atoms with van der Waals surface area (Å²) in [5.74, 6) is 1.05. The van der Waals surface area contributed by atoms with E-state index in [0.717, 1.165) is 43.9 Å². The Bertz CT molecular complexity index is 488. The summed E-state index contributed by atoms with van der Waals surface area (Å²) in [5.41, 5.74) is 1.16. The third kappa shape index (κ3) is 3.54. The van der Waals surface area contributed by atoms with Crippen LogP contribution in [0.1, 0.15) is 19.3 Å². The average Bonchev–Trinajstić information content (AvgIpc) is 2.43. The molecule has 0 saturated carbocycles. The van der Waals surface area contributed by atoms with Crippen LogP contribution >= 0.6 is 11.8 Å². The SMILES string of the molecule is C=CC/C=C(\C=C1/CC2=NCCCN2C(=N)S1)N(C)C. The number of hydrogen-bond acceptors (Lipinski definition) is 4. The number of likely N-dealkylation sites (N-methyl/N-ethyl adjacent to an activating group) is 1. The normalized spacial score (nSPS) is 21.6. The summed E-state index contributed by atoms with van der Waals surface area (Å²) in [4.78, 5) is 9.88. The van der Waals surface area contributed by atoms with E-state index in [1.54, 1.807) is 11.8 Å². The van der Waals surface area contributed by atoms with Crippen LogP contribution < -0.4 is 0 Å². The van der Waals surface area contributed by atoms with E-state index in [1.807, 2.05) is 25.1 Å². The van der Waals surface area contributed by atoms with E-state index in [2.05, 4.69) is 28.6 Å². The zero-order chi connectivity index (χ0) is 14.5. The van der Waals surface area contributed by atoms with Gasteiger partial charge in [-0.2, -0.15) is 0 Å². The van der Waals surface area contributed by atoms with Crippen molar-refractivity contribution in [3.8, 4) is 0 Å². The van der Waals surface area contributed by atoms with E-state index in [4.69, 9.17) is 5.41 Å². The number of rotatable bonds is 4. The fourth-order valence-electron chi connectivity index (χ4n) is 2.21. The standard InChI is InChI=1S/C15H22N4S/c1-4-5-7-12(18(2)3)10-13-11-14-17-8-6-9-19(14)15(16)20-13/h4,7,10,16H,1,5-6,8-9,11H2,2-3H3/b12-7+,13-10+,16-15?. The van der Waals surface area contributed by atoms with Crippen LogP contribution in [0.25, 0.3) is 0 Å². The Labute approximate surface area is 125 Å². The first kappa shape index (κ1) is 14.9. The number of allylic oxidation sites excluding steroid dienone is 3. The maximum atomic E-state index is 8.15. The number of aliphatic imine (C=N–C) groups is 1. The quantitative estimate of drug-likeness (QED) is 0.809. The van der Waals surface area contributed by atoms with Gasteiger partial charge in [0.05, 0.1) is 0 Å². The third-order valence-electron chi connectivity index (χ3n) is 3.27. The van der Waals surface area contributed by atoms with Crippen molar-refractivity contribution < 1.29 is 0 Å². The summed E-state index contributed by atoms with van der Waals surface area (Å²) in [6.45, 7) is 5.58. The van der Waals surface area contributed by atoms with Gasteiger partial charge in [-0.1, -0.05) is 23.9 Å². The predicted molar refractivity (Wildman–Crippen MR) is 88.2 cm³/mol. The first-order valence-electron chi connectivity index (χ1n) is 6.88. The van der Waals surface area contributed by atoms with Crippen LogP contribution in [0.2, 0.25) is 0 Å². The molecule has 5 heteroatoms. The molecule has 108 valence electrons. The highest BCUT2D eigenvalue weighted by Crippen LogP contribution is 2.32. The maximum Gasteiger partial charge on any atom is 0.166 e. The van der Waals surface area contributed by atoms with Gasteiger partial charge in [-0.25, -0.2) is 0 Å². The molecular formula is C15H22N4S. The van der Waals surface area contributed by atoms with E-state index in [-0.39, 0.29) is 0 Å². The molecule has 0 aromatic heterocycles. The Morgan fingerprint density at radius 3 is 3.05 bits per heavy atom. The van der Waals surface area contributed by atoms with Crippen LogP contribution in [0.4, 0.5) is 0 Å². The van der Waals surface area contributed by atoms with E-state index in [1.165, 1.54) is 4.91 Å². The molecule has 0 aromatic carbocycles. The lowest BCUT2D eigenvalue weighted by molar-refractivity contribution is 0.526. The van der Waals surface area contributed by atoms with Crippen molar-refractivity contribution in [1.29, 1.82) is 5.41 Å². The van der Waals surface area contributed by atoms with Crippen molar-refractivity contribution in [2.45, 2.75) is 19.3 Å². The van der Waals surface area contributed by atoms with Gasteiger partial charge in [0.1, 0.15) is 5.84 Å². The zero-order valence-corrected chi connectivity index (χ0v) is 13.0. The Morgan fingerprint density at radius 1 is 1.55 bits per heavy atom. The van der Waals surface area contributed by atoms with Gasteiger partial charge in [0.2, 0.25) is 0 Å². The van der Waals surface area contributed by atoms with Gasteiger partial charge in [-0.05, 0) is 18.9 Å². The summed E-state index contributed by atoms with van der Waals surface area (Å²) in [6, 6.07) is 0. The molecule has 2 heterocycles. The first-order valence-corrected chi connectivity index (χ1v) is 7.69. The van der Waals surface area contributed by atoms with Gasteiger partial charge in [0.25, 0.3) is 0 Å². The molecule has 1 fully saturated rings. The van der Waals surface area contributed by atoms with Crippen molar-refractivity contribution in [3.63, 3.8) is 0 Å². The fourth-order valence-corrected chi connectivity index (χ4v) is 3.15. The molecule has 0 radical (unpaired) electrons. The van der Waals surface area contributed by atoms with Gasteiger partial charge in [-0.3, -0.25) is 10.4 Å². The summed E-state index contributed by atoms with van der Waals surface area (Å²) < 4.78 is 0. The molecule has 0 atom stereocenters. The summed E-state index contributed by atoms with van der Waals surface area (Å²) in [7, 11) is 4.07. The number of nitrogens with one attached hydrogen (secondary N) is 1. The van der Waals surface area contributed by atoms with E-state index < -0.39 is 0 Å². The number of hydrogen-bond donors (Lipinski definition) is 1. The Hall–Kier alpha value is -1.49. The topological polar surface area (TPSA) is 42.7 Å². The smallest absolute Gasteiger partial charge is 0.166 e. The number of nitrogens with zero attached hydrogens (tertiary/aromatic N) is 3. The van der Waals surface area contributed by atoms with E-state index in [9.17, 15) is 0 Å². The molecule has 0 unspecified atom stereocenters.